The van der Waals surface area contributed by atoms with Gasteiger partial charge in [-0.25, -0.2) is 4.98 Å². The quantitative estimate of drug-likeness (QED) is 0.769. The maximum Gasteiger partial charge on any atom is 0.149 e. The molecule has 0 bridgehead atoms. The first kappa shape index (κ1) is 13.0. The minimum atomic E-state index is 0.232. The van der Waals surface area contributed by atoms with E-state index < -0.39 is 0 Å². The van der Waals surface area contributed by atoms with Gasteiger partial charge in [-0.2, -0.15) is 0 Å². The summed E-state index contributed by atoms with van der Waals surface area (Å²) in [6.07, 6.45) is 3.55. The van der Waals surface area contributed by atoms with Crippen LogP contribution in [0.1, 0.15) is 6.92 Å². The van der Waals surface area contributed by atoms with Crippen LogP contribution in [0.2, 0.25) is 0 Å². The number of nitrogens with one attached hydrogen (secondary N) is 1. The van der Waals surface area contributed by atoms with Crippen molar-refractivity contribution in [3.8, 4) is 0 Å². The highest BCUT2D eigenvalue weighted by molar-refractivity contribution is 5.44. The molecule has 100 valence electrons. The van der Waals surface area contributed by atoms with Crippen molar-refractivity contribution in [2.75, 3.05) is 56.1 Å². The lowest BCUT2D eigenvalue weighted by molar-refractivity contribution is 0.188. The van der Waals surface area contributed by atoms with Crippen molar-refractivity contribution in [2.24, 2.45) is 0 Å². The molecule has 1 aromatic heterocycles. The lowest BCUT2D eigenvalue weighted by atomic mass is 10.3. The number of hydrogen-bond donors (Lipinski definition) is 2. The Morgan fingerprint density at radius 3 is 2.72 bits per heavy atom. The molecule has 18 heavy (non-hydrogen) atoms. The average Bonchev–Trinajstić information content (AvgIpc) is 2.41. The fourth-order valence-corrected chi connectivity index (χ4v) is 2.12. The van der Waals surface area contributed by atoms with Crippen molar-refractivity contribution in [3.05, 3.63) is 12.4 Å². The molecule has 1 aromatic rings. The van der Waals surface area contributed by atoms with Crippen LogP contribution in [0.25, 0.3) is 0 Å². The van der Waals surface area contributed by atoms with Gasteiger partial charge in [0.2, 0.25) is 0 Å². The first-order chi connectivity index (χ1) is 8.83. The summed E-state index contributed by atoms with van der Waals surface area (Å²) in [6.45, 7) is 7.69. The van der Waals surface area contributed by atoms with Crippen molar-refractivity contribution in [1.29, 1.82) is 0 Å². The third-order valence-electron chi connectivity index (χ3n) is 3.09. The second-order valence-corrected chi connectivity index (χ2v) is 4.35. The molecule has 2 heterocycles. The number of nitrogens with zero attached hydrogens (tertiary/aromatic N) is 4. The molecule has 0 unspecified atom stereocenters. The molecule has 0 atom stereocenters. The van der Waals surface area contributed by atoms with Crippen molar-refractivity contribution < 1.29 is 5.11 Å². The largest absolute Gasteiger partial charge is 0.395 e. The predicted octanol–water partition coefficient (Wildman–Crippen LogP) is 0.0227. The van der Waals surface area contributed by atoms with E-state index in [4.69, 9.17) is 5.11 Å². The monoisotopic (exact) mass is 251 g/mol. The van der Waals surface area contributed by atoms with E-state index in [1.54, 1.807) is 6.20 Å². The lowest BCUT2D eigenvalue weighted by Crippen LogP contribution is -2.47. The number of β-amino-alcohol motifs (C(OH)–C–C–N with tert-alkyl or cyclic N) is 1. The summed E-state index contributed by atoms with van der Waals surface area (Å²) in [5.41, 5.74) is 0. The molecule has 0 aromatic carbocycles. The zero-order chi connectivity index (χ0) is 12.8. The highest BCUT2D eigenvalue weighted by atomic mass is 16.3. The van der Waals surface area contributed by atoms with Crippen LogP contribution in [-0.2, 0) is 0 Å². The fraction of sp³-hybridized carbons (Fsp3) is 0.667. The topological polar surface area (TPSA) is 64.5 Å². The highest BCUT2D eigenvalue weighted by Gasteiger charge is 2.17. The smallest absolute Gasteiger partial charge is 0.149 e. The maximum atomic E-state index is 8.91. The highest BCUT2D eigenvalue weighted by Crippen LogP contribution is 2.14. The van der Waals surface area contributed by atoms with Crippen LogP contribution in [0.4, 0.5) is 11.6 Å². The standard InChI is InChI=1S/C12H21N5O/c1-2-14-11-9-13-10-12(15-11)17-5-3-16(4-6-17)7-8-18/h9-10,18H,2-8H2,1H3,(H,14,15). The molecule has 1 aliphatic heterocycles. The van der Waals surface area contributed by atoms with Gasteiger partial charge in [0.05, 0.1) is 19.0 Å². The summed E-state index contributed by atoms with van der Waals surface area (Å²) in [5.74, 6) is 1.75. The van der Waals surface area contributed by atoms with Gasteiger partial charge in [-0.15, -0.1) is 0 Å². The molecular weight excluding hydrogens is 230 g/mol. The van der Waals surface area contributed by atoms with E-state index in [1.807, 2.05) is 13.1 Å². The van der Waals surface area contributed by atoms with Gasteiger partial charge in [0.25, 0.3) is 0 Å². The van der Waals surface area contributed by atoms with Crippen LogP contribution in [0.3, 0.4) is 0 Å². The number of aromatic nitrogens is 2. The summed E-state index contributed by atoms with van der Waals surface area (Å²) < 4.78 is 0. The van der Waals surface area contributed by atoms with Gasteiger partial charge in [-0.05, 0) is 6.92 Å². The molecule has 2 N–H and O–H groups in total. The summed E-state index contributed by atoms with van der Waals surface area (Å²) >= 11 is 0. The average molecular weight is 251 g/mol. The predicted molar refractivity (Wildman–Crippen MR) is 71.9 cm³/mol. The lowest BCUT2D eigenvalue weighted by Gasteiger charge is -2.34. The normalized spacial score (nSPS) is 16.9. The van der Waals surface area contributed by atoms with Crippen molar-refractivity contribution in [2.45, 2.75) is 6.92 Å². The Labute approximate surface area is 108 Å². The first-order valence-electron chi connectivity index (χ1n) is 6.47. The van der Waals surface area contributed by atoms with Gasteiger partial charge in [-0.1, -0.05) is 0 Å². The van der Waals surface area contributed by atoms with E-state index in [-0.39, 0.29) is 6.61 Å². The molecule has 0 aliphatic carbocycles. The third-order valence-corrected chi connectivity index (χ3v) is 3.09. The Bertz CT molecular complexity index is 365. The molecule has 6 nitrogen and oxygen atoms in total. The van der Waals surface area contributed by atoms with Crippen molar-refractivity contribution in [3.63, 3.8) is 0 Å². The molecule has 0 radical (unpaired) electrons. The van der Waals surface area contributed by atoms with Gasteiger partial charge in [-0.3, -0.25) is 9.88 Å². The number of aliphatic hydroxyl groups excluding tert-OH is 1. The van der Waals surface area contributed by atoms with E-state index >= 15 is 0 Å². The molecule has 1 fully saturated rings. The fourth-order valence-electron chi connectivity index (χ4n) is 2.12. The molecular formula is C12H21N5O. The zero-order valence-corrected chi connectivity index (χ0v) is 10.8. The summed E-state index contributed by atoms with van der Waals surface area (Å²) in [6, 6.07) is 0. The van der Waals surface area contributed by atoms with Gasteiger partial charge in [0.1, 0.15) is 11.6 Å². The van der Waals surface area contributed by atoms with E-state index in [9.17, 15) is 0 Å². The number of aliphatic hydroxyl groups is 1. The number of rotatable bonds is 5. The Morgan fingerprint density at radius 1 is 1.28 bits per heavy atom. The van der Waals surface area contributed by atoms with E-state index in [0.717, 1.165) is 50.9 Å². The first-order valence-corrected chi connectivity index (χ1v) is 6.47. The number of hydrogen-bond acceptors (Lipinski definition) is 6. The van der Waals surface area contributed by atoms with E-state index in [1.165, 1.54) is 0 Å². The third kappa shape index (κ3) is 3.30. The van der Waals surface area contributed by atoms with Crippen LogP contribution < -0.4 is 10.2 Å². The van der Waals surface area contributed by atoms with Crippen LogP contribution in [0.5, 0.6) is 0 Å². The van der Waals surface area contributed by atoms with Crippen molar-refractivity contribution in [1.82, 2.24) is 14.9 Å². The molecule has 0 saturated carbocycles. The van der Waals surface area contributed by atoms with Crippen LogP contribution in [0, 0.1) is 0 Å². The molecule has 2 rings (SSSR count). The number of piperazine rings is 1. The second kappa shape index (κ2) is 6.51. The molecule has 0 amide bonds. The molecule has 6 heteroatoms. The number of anilines is 2. The molecule has 1 aliphatic rings. The minimum Gasteiger partial charge on any atom is -0.395 e. The zero-order valence-electron chi connectivity index (χ0n) is 10.8. The van der Waals surface area contributed by atoms with Gasteiger partial charge >= 0.3 is 0 Å². The molecule has 1 saturated heterocycles. The van der Waals surface area contributed by atoms with Crippen molar-refractivity contribution >= 4 is 11.6 Å². The summed E-state index contributed by atoms with van der Waals surface area (Å²) in [7, 11) is 0. The second-order valence-electron chi connectivity index (χ2n) is 4.35. The van der Waals surface area contributed by atoms with Gasteiger partial charge in [0.15, 0.2) is 0 Å². The Morgan fingerprint density at radius 2 is 2.06 bits per heavy atom. The van der Waals surface area contributed by atoms with Crippen LogP contribution in [-0.4, -0.2) is 65.8 Å². The Balaban J connectivity index is 1.94. The maximum absolute atomic E-state index is 8.91. The van der Waals surface area contributed by atoms with Gasteiger partial charge in [0, 0.05) is 39.3 Å². The Hall–Kier alpha value is -1.40. The van der Waals surface area contributed by atoms with E-state index in [0.29, 0.717) is 0 Å². The summed E-state index contributed by atoms with van der Waals surface area (Å²) in [5, 5.41) is 12.1. The van der Waals surface area contributed by atoms with Gasteiger partial charge < -0.3 is 15.3 Å². The van der Waals surface area contributed by atoms with Crippen LogP contribution >= 0.6 is 0 Å². The Kier molecular flexibility index (Phi) is 4.72. The minimum absolute atomic E-state index is 0.232. The van der Waals surface area contributed by atoms with E-state index in [2.05, 4.69) is 25.1 Å². The molecule has 0 spiro atoms. The summed E-state index contributed by atoms with van der Waals surface area (Å²) in [4.78, 5) is 13.3. The SMILES string of the molecule is CCNc1cncc(N2CCN(CCO)CC2)n1. The van der Waals surface area contributed by atoms with Crippen LogP contribution in [0.15, 0.2) is 12.4 Å².